The number of hydrogen-bond acceptors (Lipinski definition) is 2. The third-order valence-electron chi connectivity index (χ3n) is 3.06. The van der Waals surface area contributed by atoms with Crippen molar-refractivity contribution in [2.75, 3.05) is 5.73 Å². The van der Waals surface area contributed by atoms with Crippen LogP contribution in [0.5, 0.6) is 0 Å². The number of imidazole rings is 1. The fourth-order valence-corrected chi connectivity index (χ4v) is 2.20. The van der Waals surface area contributed by atoms with Crippen LogP contribution in [-0.2, 0) is 6.42 Å². The van der Waals surface area contributed by atoms with Gasteiger partial charge in [-0.3, -0.25) is 0 Å². The molecule has 1 aromatic heterocycles. The average molecular weight is 265 g/mol. The number of hydrogen-bond donors (Lipinski definition) is 1. The summed E-state index contributed by atoms with van der Waals surface area (Å²) < 4.78 is 29.0. The number of rotatable bonds is 3. The highest BCUT2D eigenvalue weighted by Crippen LogP contribution is 2.31. The second-order valence-corrected chi connectivity index (χ2v) is 4.68. The molecule has 2 aromatic rings. The molecule has 0 aliphatic heterocycles. The Kier molecular flexibility index (Phi) is 3.55. The first-order valence-electron chi connectivity index (χ1n) is 6.28. The lowest BCUT2D eigenvalue weighted by Crippen LogP contribution is -2.09. The first kappa shape index (κ1) is 13.5. The number of halogens is 2. The largest absolute Gasteiger partial charge is 0.383 e. The van der Waals surface area contributed by atoms with E-state index in [4.69, 9.17) is 5.73 Å². The smallest absolute Gasteiger partial charge is 0.168 e. The van der Waals surface area contributed by atoms with Crippen LogP contribution in [0.1, 0.15) is 32.6 Å². The lowest BCUT2D eigenvalue weighted by molar-refractivity contribution is 0.511. The molecular weight excluding hydrogens is 248 g/mol. The molecule has 0 unspecified atom stereocenters. The highest BCUT2D eigenvalue weighted by Gasteiger charge is 2.20. The van der Waals surface area contributed by atoms with Crippen molar-refractivity contribution in [2.45, 2.75) is 33.2 Å². The zero-order valence-electron chi connectivity index (χ0n) is 11.2. The topological polar surface area (TPSA) is 43.8 Å². The first-order valence-corrected chi connectivity index (χ1v) is 6.28. The summed E-state index contributed by atoms with van der Waals surface area (Å²) in [5.74, 6) is -0.665. The maximum Gasteiger partial charge on any atom is 0.168 e. The van der Waals surface area contributed by atoms with Gasteiger partial charge in [0.2, 0.25) is 0 Å². The Labute approximate surface area is 111 Å². The maximum absolute atomic E-state index is 13.8. The molecule has 0 aliphatic rings. The quantitative estimate of drug-likeness (QED) is 0.922. The van der Waals surface area contributed by atoms with Gasteiger partial charge in [0.15, 0.2) is 11.6 Å². The number of nitrogens with zero attached hydrogens (tertiary/aromatic N) is 2. The van der Waals surface area contributed by atoms with E-state index >= 15 is 0 Å². The van der Waals surface area contributed by atoms with Gasteiger partial charge in [-0.15, -0.1) is 0 Å². The standard InChI is InChI=1S/C14H17F2N3/c1-4-11-18-13(14(17)19(11)8(2)3)9-6-5-7-10(15)12(9)16/h5-8H,4,17H2,1-3H3. The van der Waals surface area contributed by atoms with Crippen LogP contribution in [0.25, 0.3) is 11.3 Å². The van der Waals surface area contributed by atoms with Crippen LogP contribution in [-0.4, -0.2) is 9.55 Å². The van der Waals surface area contributed by atoms with Crippen LogP contribution in [0.3, 0.4) is 0 Å². The van der Waals surface area contributed by atoms with Gasteiger partial charge >= 0.3 is 0 Å². The van der Waals surface area contributed by atoms with E-state index < -0.39 is 11.6 Å². The zero-order chi connectivity index (χ0) is 14.2. The van der Waals surface area contributed by atoms with Crippen molar-refractivity contribution in [3.05, 3.63) is 35.7 Å². The summed E-state index contributed by atoms with van der Waals surface area (Å²) in [5.41, 5.74) is 6.45. The highest BCUT2D eigenvalue weighted by atomic mass is 19.2. The van der Waals surface area contributed by atoms with Gasteiger partial charge in [0, 0.05) is 18.0 Å². The molecule has 0 aliphatic carbocycles. The van der Waals surface area contributed by atoms with E-state index in [9.17, 15) is 8.78 Å². The Morgan fingerprint density at radius 1 is 1.32 bits per heavy atom. The third kappa shape index (κ3) is 2.20. The normalized spacial score (nSPS) is 11.3. The minimum atomic E-state index is -0.912. The van der Waals surface area contributed by atoms with Gasteiger partial charge < -0.3 is 10.3 Å². The molecule has 5 heteroatoms. The number of aryl methyl sites for hydroxylation is 1. The summed E-state index contributed by atoms with van der Waals surface area (Å²) in [6, 6.07) is 4.14. The molecule has 3 nitrogen and oxygen atoms in total. The summed E-state index contributed by atoms with van der Waals surface area (Å²) in [6.45, 7) is 5.90. The van der Waals surface area contributed by atoms with Gasteiger partial charge in [0.25, 0.3) is 0 Å². The molecule has 2 N–H and O–H groups in total. The van der Waals surface area contributed by atoms with E-state index in [1.165, 1.54) is 12.1 Å². The number of nitrogens with two attached hydrogens (primary N) is 1. The molecule has 1 aromatic carbocycles. The van der Waals surface area contributed by atoms with Crippen LogP contribution in [0, 0.1) is 11.6 Å². The van der Waals surface area contributed by atoms with E-state index in [0.29, 0.717) is 17.9 Å². The minimum Gasteiger partial charge on any atom is -0.383 e. The maximum atomic E-state index is 13.8. The molecule has 102 valence electrons. The Hall–Kier alpha value is -1.91. The van der Waals surface area contributed by atoms with Crippen LogP contribution in [0.2, 0.25) is 0 Å². The van der Waals surface area contributed by atoms with Crippen molar-refractivity contribution >= 4 is 5.82 Å². The van der Waals surface area contributed by atoms with Crippen molar-refractivity contribution < 1.29 is 8.78 Å². The molecule has 0 saturated carbocycles. The van der Waals surface area contributed by atoms with Crippen molar-refractivity contribution in [3.8, 4) is 11.3 Å². The van der Waals surface area contributed by atoms with Crippen molar-refractivity contribution in [1.82, 2.24) is 9.55 Å². The molecule has 19 heavy (non-hydrogen) atoms. The van der Waals surface area contributed by atoms with E-state index in [2.05, 4.69) is 4.98 Å². The van der Waals surface area contributed by atoms with Crippen molar-refractivity contribution in [1.29, 1.82) is 0 Å². The predicted molar refractivity (Wildman–Crippen MR) is 71.8 cm³/mol. The molecule has 0 radical (unpaired) electrons. The second kappa shape index (κ2) is 4.99. The van der Waals surface area contributed by atoms with Gasteiger partial charge in [0.1, 0.15) is 17.3 Å². The van der Waals surface area contributed by atoms with Gasteiger partial charge in [0.05, 0.1) is 0 Å². The summed E-state index contributed by atoms with van der Waals surface area (Å²) in [4.78, 5) is 4.35. The molecule has 0 spiro atoms. The number of aromatic nitrogens is 2. The summed E-state index contributed by atoms with van der Waals surface area (Å²) in [7, 11) is 0. The molecule has 0 amide bonds. The lowest BCUT2D eigenvalue weighted by Gasteiger charge is -2.12. The summed E-state index contributed by atoms with van der Waals surface area (Å²) in [6.07, 6.45) is 0.680. The molecular formula is C14H17F2N3. The van der Waals surface area contributed by atoms with E-state index in [-0.39, 0.29) is 11.6 Å². The molecule has 1 heterocycles. The van der Waals surface area contributed by atoms with Gasteiger partial charge in [-0.2, -0.15) is 0 Å². The van der Waals surface area contributed by atoms with Crippen LogP contribution in [0.15, 0.2) is 18.2 Å². The Balaban J connectivity index is 2.67. The van der Waals surface area contributed by atoms with Crippen LogP contribution < -0.4 is 5.73 Å². The fraction of sp³-hybridized carbons (Fsp3) is 0.357. The fourth-order valence-electron chi connectivity index (χ4n) is 2.20. The van der Waals surface area contributed by atoms with Crippen LogP contribution >= 0.6 is 0 Å². The number of nitrogen functional groups attached to an aromatic ring is 1. The monoisotopic (exact) mass is 265 g/mol. The van der Waals surface area contributed by atoms with Gasteiger partial charge in [-0.05, 0) is 26.0 Å². The molecule has 0 bridgehead atoms. The van der Waals surface area contributed by atoms with E-state index in [1.54, 1.807) is 0 Å². The Morgan fingerprint density at radius 2 is 2.00 bits per heavy atom. The van der Waals surface area contributed by atoms with E-state index in [0.717, 1.165) is 11.9 Å². The Bertz CT molecular complexity index is 603. The van der Waals surface area contributed by atoms with Gasteiger partial charge in [-0.25, -0.2) is 13.8 Å². The highest BCUT2D eigenvalue weighted by molar-refractivity contribution is 5.71. The first-order chi connectivity index (χ1) is 8.97. The van der Waals surface area contributed by atoms with Crippen molar-refractivity contribution in [3.63, 3.8) is 0 Å². The average Bonchev–Trinajstić information content (AvgIpc) is 2.70. The Morgan fingerprint density at radius 3 is 2.53 bits per heavy atom. The van der Waals surface area contributed by atoms with Crippen LogP contribution in [0.4, 0.5) is 14.6 Å². The second-order valence-electron chi connectivity index (χ2n) is 4.68. The minimum absolute atomic E-state index is 0.103. The summed E-state index contributed by atoms with van der Waals surface area (Å²) in [5, 5.41) is 0. The van der Waals surface area contributed by atoms with E-state index in [1.807, 2.05) is 25.3 Å². The zero-order valence-corrected chi connectivity index (χ0v) is 11.2. The number of benzene rings is 1. The van der Waals surface area contributed by atoms with Gasteiger partial charge in [-0.1, -0.05) is 13.0 Å². The van der Waals surface area contributed by atoms with Crippen molar-refractivity contribution in [2.24, 2.45) is 0 Å². The molecule has 0 atom stereocenters. The third-order valence-corrected chi connectivity index (χ3v) is 3.06. The molecule has 0 saturated heterocycles. The summed E-state index contributed by atoms with van der Waals surface area (Å²) >= 11 is 0. The predicted octanol–water partition coefficient (Wildman–Crippen LogP) is 3.55. The lowest BCUT2D eigenvalue weighted by atomic mass is 10.1. The number of anilines is 1. The molecule has 2 rings (SSSR count). The SMILES string of the molecule is CCc1nc(-c2cccc(F)c2F)c(N)n1C(C)C. The molecule has 0 fully saturated rings.